The van der Waals surface area contributed by atoms with Gasteiger partial charge < -0.3 is 15.2 Å². The third kappa shape index (κ3) is 6.69. The summed E-state index contributed by atoms with van der Waals surface area (Å²) in [6.45, 7) is 12.5. The summed E-state index contributed by atoms with van der Waals surface area (Å²) >= 11 is 0. The molecule has 4 nitrogen and oxygen atoms in total. The molecule has 4 heteroatoms. The number of rotatable bonds is 11. The molecule has 0 bridgehead atoms. The maximum absolute atomic E-state index is 9.44. The molecule has 0 aromatic heterocycles. The van der Waals surface area contributed by atoms with Crippen molar-refractivity contribution in [2.24, 2.45) is 0 Å². The molecule has 0 aliphatic carbocycles. The van der Waals surface area contributed by atoms with E-state index >= 15 is 0 Å². The molecule has 0 saturated heterocycles. The Balaban J connectivity index is 4.05. The molecule has 0 aliphatic rings. The number of ether oxygens (including phenoxy) is 1. The highest BCUT2D eigenvalue weighted by Gasteiger charge is 2.22. The maximum atomic E-state index is 9.44. The highest BCUT2D eigenvalue weighted by Crippen LogP contribution is 2.13. The lowest BCUT2D eigenvalue weighted by molar-refractivity contribution is 0.0965. The summed E-state index contributed by atoms with van der Waals surface area (Å²) < 4.78 is 5.20. The Morgan fingerprint density at radius 1 is 1.39 bits per heavy atom. The number of nitrogens with one attached hydrogen (secondary N) is 1. The van der Waals surface area contributed by atoms with Crippen molar-refractivity contribution in [3.63, 3.8) is 0 Å². The molecule has 0 heterocycles. The van der Waals surface area contributed by atoms with Crippen molar-refractivity contribution in [1.29, 1.82) is 0 Å². The highest BCUT2D eigenvalue weighted by molar-refractivity contribution is 4.82. The van der Waals surface area contributed by atoms with Crippen LogP contribution in [0.1, 0.15) is 40.5 Å². The Kier molecular flexibility index (Phi) is 9.64. The summed E-state index contributed by atoms with van der Waals surface area (Å²) in [6, 6.07) is 0.458. The lowest BCUT2D eigenvalue weighted by Gasteiger charge is -2.31. The first-order chi connectivity index (χ1) is 8.52. The van der Waals surface area contributed by atoms with Crippen molar-refractivity contribution >= 4 is 0 Å². The highest BCUT2D eigenvalue weighted by atomic mass is 16.5. The van der Waals surface area contributed by atoms with Gasteiger partial charge in [0.2, 0.25) is 0 Å². The van der Waals surface area contributed by atoms with Gasteiger partial charge in [-0.3, -0.25) is 4.90 Å². The summed E-state index contributed by atoms with van der Waals surface area (Å²) in [5.74, 6) is 0. The molecule has 0 aliphatic heterocycles. The van der Waals surface area contributed by atoms with E-state index in [0.717, 1.165) is 39.1 Å². The predicted molar refractivity (Wildman–Crippen MR) is 77.0 cm³/mol. The topological polar surface area (TPSA) is 44.7 Å². The van der Waals surface area contributed by atoms with Crippen LogP contribution in [-0.4, -0.2) is 61.5 Å². The molecule has 2 atom stereocenters. The number of aliphatic hydroxyl groups excluding tert-OH is 1. The summed E-state index contributed by atoms with van der Waals surface area (Å²) in [7, 11) is 1.75. The number of likely N-dealkylation sites (N-methyl/N-ethyl adjacent to an activating group) is 2. The standard InChI is InChI=1S/C14H32N2O2/c1-6-15-14(4,12-17)9-8-10-16(7-2)13(3)11-18-5/h13,15,17H,6-12H2,1-5H3. The second-order valence-corrected chi connectivity index (χ2v) is 5.29. The number of hydrogen-bond acceptors (Lipinski definition) is 4. The molecule has 18 heavy (non-hydrogen) atoms. The van der Waals surface area contributed by atoms with Crippen LogP contribution in [0.25, 0.3) is 0 Å². The van der Waals surface area contributed by atoms with Crippen LogP contribution >= 0.6 is 0 Å². The van der Waals surface area contributed by atoms with Crippen molar-refractivity contribution < 1.29 is 9.84 Å². The second kappa shape index (κ2) is 9.73. The van der Waals surface area contributed by atoms with Crippen LogP contribution in [0, 0.1) is 0 Å². The first-order valence-corrected chi connectivity index (χ1v) is 7.11. The molecule has 110 valence electrons. The first kappa shape index (κ1) is 17.8. The fourth-order valence-corrected chi connectivity index (χ4v) is 2.36. The Labute approximate surface area is 113 Å². The van der Waals surface area contributed by atoms with Crippen molar-refractivity contribution in [3.8, 4) is 0 Å². The van der Waals surface area contributed by atoms with Gasteiger partial charge in [0.25, 0.3) is 0 Å². The van der Waals surface area contributed by atoms with Gasteiger partial charge in [-0.2, -0.15) is 0 Å². The van der Waals surface area contributed by atoms with Crippen LogP contribution in [0.2, 0.25) is 0 Å². The first-order valence-electron chi connectivity index (χ1n) is 7.11. The van der Waals surface area contributed by atoms with Gasteiger partial charge in [0.1, 0.15) is 0 Å². The van der Waals surface area contributed by atoms with Crippen LogP contribution in [0.15, 0.2) is 0 Å². The van der Waals surface area contributed by atoms with Gasteiger partial charge in [-0.1, -0.05) is 13.8 Å². The van der Waals surface area contributed by atoms with Crippen molar-refractivity contribution in [3.05, 3.63) is 0 Å². The summed E-state index contributed by atoms with van der Waals surface area (Å²) in [5, 5.41) is 12.8. The molecular weight excluding hydrogens is 228 g/mol. The third-order valence-corrected chi connectivity index (χ3v) is 3.56. The van der Waals surface area contributed by atoms with E-state index in [0.29, 0.717) is 6.04 Å². The van der Waals surface area contributed by atoms with E-state index < -0.39 is 0 Å². The molecule has 0 aromatic carbocycles. The normalized spacial score (nSPS) is 16.8. The average Bonchev–Trinajstić information content (AvgIpc) is 2.35. The molecule has 0 fully saturated rings. The zero-order chi connectivity index (χ0) is 14.0. The molecule has 0 amide bonds. The zero-order valence-corrected chi connectivity index (χ0v) is 12.8. The minimum Gasteiger partial charge on any atom is -0.394 e. The third-order valence-electron chi connectivity index (χ3n) is 3.56. The second-order valence-electron chi connectivity index (χ2n) is 5.29. The van der Waals surface area contributed by atoms with Crippen LogP contribution in [-0.2, 0) is 4.74 Å². The fraction of sp³-hybridized carbons (Fsp3) is 1.00. The Hall–Kier alpha value is -0.160. The summed E-state index contributed by atoms with van der Waals surface area (Å²) in [4.78, 5) is 2.42. The SMILES string of the molecule is CCNC(C)(CO)CCCN(CC)C(C)COC. The summed E-state index contributed by atoms with van der Waals surface area (Å²) in [5.41, 5.74) is -0.140. The lowest BCUT2D eigenvalue weighted by atomic mass is 9.96. The Bertz CT molecular complexity index is 202. The molecule has 0 saturated carbocycles. The fourth-order valence-electron chi connectivity index (χ4n) is 2.36. The zero-order valence-electron chi connectivity index (χ0n) is 12.8. The van der Waals surface area contributed by atoms with Crippen LogP contribution in [0.5, 0.6) is 0 Å². The van der Waals surface area contributed by atoms with Gasteiger partial charge in [-0.25, -0.2) is 0 Å². The van der Waals surface area contributed by atoms with Gasteiger partial charge in [0.05, 0.1) is 13.2 Å². The van der Waals surface area contributed by atoms with E-state index in [4.69, 9.17) is 4.74 Å². The Morgan fingerprint density at radius 3 is 2.50 bits per heavy atom. The Morgan fingerprint density at radius 2 is 2.06 bits per heavy atom. The van der Waals surface area contributed by atoms with Crippen molar-refractivity contribution in [2.75, 3.05) is 40.0 Å². The monoisotopic (exact) mass is 260 g/mol. The average molecular weight is 260 g/mol. The quantitative estimate of drug-likeness (QED) is 0.591. The smallest absolute Gasteiger partial charge is 0.0615 e. The predicted octanol–water partition coefficient (Wildman–Crippen LogP) is 1.48. The van der Waals surface area contributed by atoms with Gasteiger partial charge in [-0.05, 0) is 46.3 Å². The van der Waals surface area contributed by atoms with Gasteiger partial charge in [-0.15, -0.1) is 0 Å². The van der Waals surface area contributed by atoms with Gasteiger partial charge in [0, 0.05) is 18.7 Å². The van der Waals surface area contributed by atoms with Crippen LogP contribution in [0.4, 0.5) is 0 Å². The van der Waals surface area contributed by atoms with E-state index in [2.05, 4.69) is 37.9 Å². The van der Waals surface area contributed by atoms with E-state index in [9.17, 15) is 5.11 Å². The molecule has 0 rings (SSSR count). The minimum absolute atomic E-state index is 0.140. The molecule has 2 N–H and O–H groups in total. The lowest BCUT2D eigenvalue weighted by Crippen LogP contribution is -2.46. The largest absolute Gasteiger partial charge is 0.394 e. The molecule has 0 radical (unpaired) electrons. The molecular formula is C14H32N2O2. The number of aliphatic hydroxyl groups is 1. The van der Waals surface area contributed by atoms with Crippen molar-refractivity contribution in [1.82, 2.24) is 10.2 Å². The summed E-state index contributed by atoms with van der Waals surface area (Å²) in [6.07, 6.45) is 2.08. The van der Waals surface area contributed by atoms with Crippen LogP contribution < -0.4 is 5.32 Å². The maximum Gasteiger partial charge on any atom is 0.0615 e. The van der Waals surface area contributed by atoms with Crippen LogP contribution in [0.3, 0.4) is 0 Å². The van der Waals surface area contributed by atoms with Crippen molar-refractivity contribution in [2.45, 2.75) is 52.1 Å². The minimum atomic E-state index is -0.140. The van der Waals surface area contributed by atoms with Gasteiger partial charge >= 0.3 is 0 Å². The number of nitrogens with zero attached hydrogens (tertiary/aromatic N) is 1. The van der Waals surface area contributed by atoms with E-state index in [1.807, 2.05) is 0 Å². The molecule has 0 spiro atoms. The van der Waals surface area contributed by atoms with E-state index in [1.165, 1.54) is 0 Å². The van der Waals surface area contributed by atoms with E-state index in [1.54, 1.807) is 7.11 Å². The number of methoxy groups -OCH3 is 1. The van der Waals surface area contributed by atoms with E-state index in [-0.39, 0.29) is 12.1 Å². The molecule has 2 unspecified atom stereocenters. The molecule has 0 aromatic rings. The number of hydrogen-bond donors (Lipinski definition) is 2. The van der Waals surface area contributed by atoms with Gasteiger partial charge in [0.15, 0.2) is 0 Å².